The number of hydrogen-bond acceptors (Lipinski definition) is 14. The van der Waals surface area contributed by atoms with Gasteiger partial charge in [0.15, 0.2) is 32.0 Å². The van der Waals surface area contributed by atoms with E-state index in [1.807, 2.05) is 0 Å². The van der Waals surface area contributed by atoms with Gasteiger partial charge < -0.3 is 29.8 Å². The summed E-state index contributed by atoms with van der Waals surface area (Å²) in [4.78, 5) is 37.6. The zero-order valence-corrected chi connectivity index (χ0v) is 41.6. The number of likely N-dealkylation sites (tertiary alicyclic amines) is 1. The van der Waals surface area contributed by atoms with Gasteiger partial charge in [0.1, 0.15) is 18.0 Å². The van der Waals surface area contributed by atoms with Crippen molar-refractivity contribution in [2.75, 3.05) is 42.7 Å². The van der Waals surface area contributed by atoms with Gasteiger partial charge in [0.2, 0.25) is 0 Å². The number of nitro benzene ring substituents is 1. The molecule has 2 aromatic heterocycles. The van der Waals surface area contributed by atoms with E-state index >= 15 is 0 Å². The SMILES string of the molecule is CC(C)c1ccccc1[C@H]1CCCN1C1CC2(CCN(c3ccc(C(=O)NS(=O)(=O)c4cc5c(c([N+](=O)[O-])c4)N[C@@H](C4CCC(C)(O)CC4)CO5)c(Oc4cc5cc[nH]c5nc4S(C)(=O)=O)c3)CC2)C1. The molecule has 4 fully saturated rings. The fourth-order valence-corrected chi connectivity index (χ4v) is 13.5. The monoisotopic (exact) mass is 995 g/mol. The van der Waals surface area contributed by atoms with Crippen molar-refractivity contribution in [3.63, 3.8) is 0 Å². The number of pyridine rings is 1. The van der Waals surface area contributed by atoms with Crippen LogP contribution in [0.25, 0.3) is 11.0 Å². The highest BCUT2D eigenvalue weighted by atomic mass is 32.2. The second-order valence-electron chi connectivity index (χ2n) is 20.9. The number of ether oxygens (including phenoxy) is 2. The van der Waals surface area contributed by atoms with Gasteiger partial charge in [-0.1, -0.05) is 38.1 Å². The molecule has 70 heavy (non-hydrogen) atoms. The van der Waals surface area contributed by atoms with Crippen molar-refractivity contribution in [2.24, 2.45) is 11.3 Å². The number of H-pyrrole nitrogens is 1. The van der Waals surface area contributed by atoms with Crippen LogP contribution in [0.3, 0.4) is 0 Å². The second-order valence-corrected chi connectivity index (χ2v) is 24.5. The van der Waals surface area contributed by atoms with Crippen LogP contribution < -0.4 is 24.4 Å². The summed E-state index contributed by atoms with van der Waals surface area (Å²) >= 11 is 0. The zero-order valence-electron chi connectivity index (χ0n) is 39.9. The number of carbonyl (C=O) groups excluding carboxylic acids is 1. The van der Waals surface area contributed by atoms with E-state index in [0.717, 1.165) is 63.7 Å². The Hall–Kier alpha value is -5.76. The number of carbonyl (C=O) groups is 1. The number of rotatable bonds is 12. The number of sulfone groups is 1. The first-order valence-electron chi connectivity index (χ1n) is 24.4. The fraction of sp³-hybridized carbons (Fsp3) is 0.490. The lowest BCUT2D eigenvalue weighted by Crippen LogP contribution is -2.54. The van der Waals surface area contributed by atoms with Gasteiger partial charge in [0.05, 0.1) is 27.0 Å². The van der Waals surface area contributed by atoms with Crippen LogP contribution in [0.5, 0.6) is 17.2 Å². The van der Waals surface area contributed by atoms with Crippen LogP contribution in [0.2, 0.25) is 0 Å². The number of nitrogens with one attached hydrogen (secondary N) is 3. The third-order valence-electron chi connectivity index (χ3n) is 15.7. The number of aliphatic hydroxyl groups is 1. The van der Waals surface area contributed by atoms with Crippen LogP contribution >= 0.6 is 0 Å². The number of nitrogens with zero attached hydrogens (tertiary/aromatic N) is 4. The number of benzene rings is 3. The van der Waals surface area contributed by atoms with Crippen molar-refractivity contribution < 1.29 is 41.1 Å². The summed E-state index contributed by atoms with van der Waals surface area (Å²) < 4.78 is 68.8. The van der Waals surface area contributed by atoms with E-state index in [9.17, 15) is 36.9 Å². The van der Waals surface area contributed by atoms with Crippen LogP contribution in [0.1, 0.15) is 118 Å². The van der Waals surface area contributed by atoms with E-state index in [1.165, 1.54) is 36.1 Å². The zero-order chi connectivity index (χ0) is 49.3. The van der Waals surface area contributed by atoms with E-state index < -0.39 is 46.9 Å². The Morgan fingerprint density at radius 1 is 0.971 bits per heavy atom. The summed E-state index contributed by atoms with van der Waals surface area (Å²) in [6.07, 6.45) is 11.7. The molecule has 2 atom stereocenters. The number of aromatic nitrogens is 2. The molecule has 10 rings (SSSR count). The van der Waals surface area contributed by atoms with Gasteiger partial charge >= 0.3 is 0 Å². The number of nitro groups is 1. The van der Waals surface area contributed by atoms with E-state index in [1.54, 1.807) is 31.3 Å². The van der Waals surface area contributed by atoms with Gasteiger partial charge in [-0.25, -0.2) is 26.5 Å². The maximum Gasteiger partial charge on any atom is 0.297 e. The Balaban J connectivity index is 0.895. The van der Waals surface area contributed by atoms with Crippen molar-refractivity contribution in [1.82, 2.24) is 19.6 Å². The highest BCUT2D eigenvalue weighted by Gasteiger charge is 2.50. The first-order valence-corrected chi connectivity index (χ1v) is 27.7. The number of anilines is 2. The molecule has 0 radical (unpaired) electrons. The molecule has 2 aliphatic carbocycles. The maximum atomic E-state index is 14.3. The molecular formula is C51H61N7O10S2. The largest absolute Gasteiger partial charge is 0.489 e. The molecule has 5 aliphatic rings. The predicted octanol–water partition coefficient (Wildman–Crippen LogP) is 8.61. The Morgan fingerprint density at radius 2 is 1.71 bits per heavy atom. The van der Waals surface area contributed by atoms with Gasteiger partial charge in [0.25, 0.3) is 21.6 Å². The van der Waals surface area contributed by atoms with Gasteiger partial charge in [-0.15, -0.1) is 0 Å². The minimum absolute atomic E-state index is 0.0362. The maximum absolute atomic E-state index is 14.3. The molecule has 4 N–H and O–H groups in total. The number of fused-ring (bicyclic) bond motifs is 2. The first-order chi connectivity index (χ1) is 33.3. The Bertz CT molecular complexity index is 3080. The molecule has 2 saturated heterocycles. The number of sulfonamides is 1. The molecule has 372 valence electrons. The quantitative estimate of drug-likeness (QED) is 0.0678. The molecule has 5 aromatic rings. The minimum atomic E-state index is -4.78. The average molecular weight is 996 g/mol. The Kier molecular flexibility index (Phi) is 12.4. The highest BCUT2D eigenvalue weighted by molar-refractivity contribution is 7.90. The Morgan fingerprint density at radius 3 is 2.43 bits per heavy atom. The van der Waals surface area contributed by atoms with Crippen LogP contribution in [-0.2, 0) is 19.9 Å². The lowest BCUT2D eigenvalue weighted by Gasteiger charge is -2.56. The summed E-state index contributed by atoms with van der Waals surface area (Å²) in [5.41, 5.74) is 2.61. The molecule has 3 aliphatic heterocycles. The topological polar surface area (TPSA) is 226 Å². The van der Waals surface area contributed by atoms with E-state index in [-0.39, 0.29) is 57.5 Å². The number of piperidine rings is 1. The molecule has 3 aromatic carbocycles. The third-order valence-corrected chi connectivity index (χ3v) is 18.0. The minimum Gasteiger partial charge on any atom is -0.489 e. The molecule has 1 spiro atoms. The number of hydrogen-bond donors (Lipinski definition) is 4. The van der Waals surface area contributed by atoms with E-state index in [2.05, 4.69) is 67.9 Å². The number of aromatic amines is 1. The van der Waals surface area contributed by atoms with Crippen molar-refractivity contribution in [3.05, 3.63) is 99.7 Å². The van der Waals surface area contributed by atoms with Crippen LogP contribution in [-0.4, -0.2) is 97.8 Å². The van der Waals surface area contributed by atoms with Crippen molar-refractivity contribution in [3.8, 4) is 17.2 Å². The molecule has 1 amide bonds. The first kappa shape index (κ1) is 47.9. The predicted molar refractivity (Wildman–Crippen MR) is 265 cm³/mol. The van der Waals surface area contributed by atoms with Gasteiger partial charge in [-0.05, 0) is 130 Å². The van der Waals surface area contributed by atoms with E-state index in [4.69, 9.17) is 9.47 Å². The third kappa shape index (κ3) is 9.32. The van der Waals surface area contributed by atoms with Crippen molar-refractivity contribution in [1.29, 1.82) is 0 Å². The molecular weight excluding hydrogens is 935 g/mol. The Labute approximate surface area is 408 Å². The molecule has 0 unspecified atom stereocenters. The molecule has 17 nitrogen and oxygen atoms in total. The molecule has 0 bridgehead atoms. The summed E-state index contributed by atoms with van der Waals surface area (Å²) in [6, 6.07) is 19.5. The summed E-state index contributed by atoms with van der Waals surface area (Å²) in [5.74, 6) is -0.909. The lowest BCUT2D eigenvalue weighted by molar-refractivity contribution is -0.384. The van der Waals surface area contributed by atoms with Crippen molar-refractivity contribution >= 4 is 53.9 Å². The molecule has 2 saturated carbocycles. The standard InChI is InChI=1S/C51H61N7O10S2/c1-31(2)37-8-5-6-9-38(37)41-10-7-21-57(41)35-28-51(29-35)18-22-56(23-19-51)34-11-12-39(43(25-34)68-45-24-33-15-20-52-47(33)54-49(45)69(4,63)64)48(59)55-70(65,66)36-26-42(58(61)62)46-44(27-36)67-30-40(53-46)32-13-16-50(3,60)17-14-32/h5-6,8-9,11-12,15,20,24-27,31-32,35,40-41,53,60H,7,10,13-14,16-19,21-23,28-30H2,1-4H3,(H,52,54)(H,55,59)/t32?,40-,41-,50?/m1/s1. The fourth-order valence-electron chi connectivity index (χ4n) is 11.8. The van der Waals surface area contributed by atoms with Gasteiger partial charge in [0, 0.05) is 66.9 Å². The van der Waals surface area contributed by atoms with Crippen LogP contribution in [0.15, 0.2) is 82.8 Å². The molecule has 19 heteroatoms. The van der Waals surface area contributed by atoms with Crippen molar-refractivity contribution in [2.45, 2.75) is 125 Å². The highest BCUT2D eigenvalue weighted by Crippen LogP contribution is 2.54. The van der Waals surface area contributed by atoms with E-state index in [0.29, 0.717) is 60.4 Å². The van der Waals surface area contributed by atoms with Crippen LogP contribution in [0, 0.1) is 21.4 Å². The normalized spacial score (nSPS) is 23.9. The molecule has 5 heterocycles. The lowest BCUT2D eigenvalue weighted by atomic mass is 9.59. The summed E-state index contributed by atoms with van der Waals surface area (Å²) in [7, 11) is -8.76. The van der Waals surface area contributed by atoms with Gasteiger partial charge in [-0.2, -0.15) is 0 Å². The van der Waals surface area contributed by atoms with Gasteiger partial charge in [-0.3, -0.25) is 19.8 Å². The smallest absolute Gasteiger partial charge is 0.297 e. The second kappa shape index (κ2) is 18.1. The summed E-state index contributed by atoms with van der Waals surface area (Å²) in [6.45, 7) is 9.00. The average Bonchev–Trinajstić information content (AvgIpc) is 3.99. The summed E-state index contributed by atoms with van der Waals surface area (Å²) in [5, 5.41) is 26.3. The number of amides is 1. The van der Waals surface area contributed by atoms with Crippen LogP contribution in [0.4, 0.5) is 17.1 Å².